The van der Waals surface area contributed by atoms with Gasteiger partial charge in [-0.1, -0.05) is 6.07 Å². The molecule has 1 aromatic heterocycles. The van der Waals surface area contributed by atoms with Crippen molar-refractivity contribution in [2.75, 3.05) is 0 Å². The van der Waals surface area contributed by atoms with Gasteiger partial charge in [0.15, 0.2) is 5.03 Å². The first-order chi connectivity index (χ1) is 6.04. The third-order valence-corrected chi connectivity index (χ3v) is 2.49. The zero-order valence-electron chi connectivity index (χ0n) is 6.44. The monoisotopic (exact) mass is 216 g/mol. The summed E-state index contributed by atoms with van der Waals surface area (Å²) in [5, 5.41) is 8.12. The Hall–Kier alpha value is -1.12. The Morgan fingerprint density at radius 2 is 2.23 bits per heavy atom. The fraction of sp³-hybridized carbons (Fsp3) is 0.143. The summed E-state index contributed by atoms with van der Waals surface area (Å²) < 4.78 is 21.6. The number of aromatic nitrogens is 1. The Labute approximate surface area is 80.2 Å². The van der Waals surface area contributed by atoms with E-state index in [1.54, 1.807) is 6.07 Å². The highest BCUT2D eigenvalue weighted by atomic mass is 35.7. The molecule has 0 saturated carbocycles. The molecule has 0 aromatic carbocycles. The van der Waals surface area contributed by atoms with Crippen molar-refractivity contribution in [1.82, 2.24) is 4.98 Å². The quantitative estimate of drug-likeness (QED) is 0.694. The van der Waals surface area contributed by atoms with Gasteiger partial charge in [0.2, 0.25) is 0 Å². The summed E-state index contributed by atoms with van der Waals surface area (Å²) in [5.74, 6) is 0. The van der Waals surface area contributed by atoms with E-state index >= 15 is 0 Å². The highest BCUT2D eigenvalue weighted by molar-refractivity contribution is 8.13. The van der Waals surface area contributed by atoms with Crippen LogP contribution >= 0.6 is 10.7 Å². The number of nitriles is 1. The van der Waals surface area contributed by atoms with Gasteiger partial charge in [-0.2, -0.15) is 5.26 Å². The summed E-state index contributed by atoms with van der Waals surface area (Å²) in [7, 11) is 1.27. The third kappa shape index (κ3) is 2.68. The lowest BCUT2D eigenvalue weighted by Gasteiger charge is -1.96. The second-order valence-corrected chi connectivity index (χ2v) is 4.75. The molecule has 0 aliphatic carbocycles. The minimum absolute atomic E-state index is 0.0697. The van der Waals surface area contributed by atoms with Crippen LogP contribution in [0.2, 0.25) is 0 Å². The smallest absolute Gasteiger partial charge is 0.239 e. The van der Waals surface area contributed by atoms with Gasteiger partial charge in [-0.15, -0.1) is 0 Å². The Morgan fingerprint density at radius 3 is 2.77 bits per heavy atom. The van der Waals surface area contributed by atoms with E-state index in [0.717, 1.165) is 0 Å². The van der Waals surface area contributed by atoms with Crippen molar-refractivity contribution in [3.8, 4) is 6.07 Å². The van der Waals surface area contributed by atoms with Gasteiger partial charge in [0, 0.05) is 10.7 Å². The SMILES string of the molecule is N#CCc1cccc(S(=O)(=O)Cl)n1. The van der Waals surface area contributed by atoms with Gasteiger partial charge in [0.1, 0.15) is 0 Å². The molecule has 0 amide bonds. The van der Waals surface area contributed by atoms with Gasteiger partial charge >= 0.3 is 0 Å². The molecule has 0 N–H and O–H groups in total. The molecule has 1 heterocycles. The first kappa shape index (κ1) is 9.96. The lowest BCUT2D eigenvalue weighted by Crippen LogP contribution is -1.97. The first-order valence-electron chi connectivity index (χ1n) is 3.31. The molecule has 0 unspecified atom stereocenters. The molecule has 0 atom stereocenters. The van der Waals surface area contributed by atoms with Crippen molar-refractivity contribution in [2.45, 2.75) is 11.4 Å². The molecule has 1 aromatic rings. The normalized spacial score (nSPS) is 10.8. The van der Waals surface area contributed by atoms with Gasteiger partial charge < -0.3 is 0 Å². The van der Waals surface area contributed by atoms with Crippen LogP contribution in [-0.2, 0) is 15.5 Å². The van der Waals surface area contributed by atoms with E-state index in [2.05, 4.69) is 4.98 Å². The maximum atomic E-state index is 10.8. The van der Waals surface area contributed by atoms with E-state index in [0.29, 0.717) is 5.69 Å². The zero-order chi connectivity index (χ0) is 9.90. The van der Waals surface area contributed by atoms with Crippen LogP contribution in [0.25, 0.3) is 0 Å². The molecule has 0 bridgehead atoms. The second-order valence-electron chi connectivity index (χ2n) is 2.24. The van der Waals surface area contributed by atoms with Crippen LogP contribution in [0.5, 0.6) is 0 Å². The van der Waals surface area contributed by atoms with Crippen molar-refractivity contribution in [3.05, 3.63) is 23.9 Å². The van der Waals surface area contributed by atoms with E-state index in [9.17, 15) is 8.42 Å². The van der Waals surface area contributed by atoms with Crippen molar-refractivity contribution >= 4 is 19.7 Å². The predicted octanol–water partition coefficient (Wildman–Crippen LogP) is 1.08. The summed E-state index contributed by atoms with van der Waals surface area (Å²) in [4.78, 5) is 3.69. The number of pyridine rings is 1. The standard InChI is InChI=1S/C7H5ClN2O2S/c8-13(11,12)7-3-1-2-6(10-7)4-5-9/h1-3H,4H2. The van der Waals surface area contributed by atoms with E-state index in [1.807, 2.05) is 6.07 Å². The van der Waals surface area contributed by atoms with Gasteiger partial charge in [0.25, 0.3) is 9.05 Å². The highest BCUT2D eigenvalue weighted by Gasteiger charge is 2.11. The molecule has 0 aliphatic heterocycles. The lowest BCUT2D eigenvalue weighted by molar-refractivity contribution is 0.605. The molecule has 1 rings (SSSR count). The summed E-state index contributed by atoms with van der Waals surface area (Å²) in [6.07, 6.45) is 0.0697. The fourth-order valence-electron chi connectivity index (χ4n) is 0.773. The molecular weight excluding hydrogens is 212 g/mol. The van der Waals surface area contributed by atoms with Gasteiger partial charge in [-0.25, -0.2) is 13.4 Å². The predicted molar refractivity (Wildman–Crippen MR) is 46.6 cm³/mol. The van der Waals surface area contributed by atoms with Crippen LogP contribution in [0.1, 0.15) is 5.69 Å². The van der Waals surface area contributed by atoms with E-state index in [4.69, 9.17) is 15.9 Å². The van der Waals surface area contributed by atoms with Crippen LogP contribution in [0.3, 0.4) is 0 Å². The number of hydrogen-bond acceptors (Lipinski definition) is 4. The molecule has 13 heavy (non-hydrogen) atoms. The molecule has 0 radical (unpaired) electrons. The molecule has 6 heteroatoms. The Morgan fingerprint density at radius 1 is 1.54 bits per heavy atom. The van der Waals surface area contributed by atoms with Gasteiger partial charge in [-0.05, 0) is 12.1 Å². The second kappa shape index (κ2) is 3.73. The Bertz CT molecular complexity index is 450. The average Bonchev–Trinajstić information content (AvgIpc) is 2.04. The number of nitrogens with zero attached hydrogens (tertiary/aromatic N) is 2. The summed E-state index contributed by atoms with van der Waals surface area (Å²) >= 11 is 0. The van der Waals surface area contributed by atoms with Crippen molar-refractivity contribution in [1.29, 1.82) is 5.26 Å². The fourth-order valence-corrected chi connectivity index (χ4v) is 1.50. The Kier molecular flexibility index (Phi) is 2.86. The van der Waals surface area contributed by atoms with Crippen LogP contribution in [0.15, 0.2) is 23.2 Å². The van der Waals surface area contributed by atoms with Crippen LogP contribution < -0.4 is 0 Å². The largest absolute Gasteiger partial charge is 0.278 e. The topological polar surface area (TPSA) is 70.8 Å². The highest BCUT2D eigenvalue weighted by Crippen LogP contribution is 2.11. The third-order valence-electron chi connectivity index (χ3n) is 1.29. The Balaban J connectivity index is 3.15. The van der Waals surface area contributed by atoms with Gasteiger partial charge in [0.05, 0.1) is 18.2 Å². The minimum Gasteiger partial charge on any atom is -0.239 e. The molecule has 0 saturated heterocycles. The molecular formula is C7H5ClN2O2S. The van der Waals surface area contributed by atoms with Crippen molar-refractivity contribution in [2.24, 2.45) is 0 Å². The van der Waals surface area contributed by atoms with E-state index in [1.165, 1.54) is 12.1 Å². The maximum Gasteiger partial charge on any atom is 0.278 e. The van der Waals surface area contributed by atoms with Crippen LogP contribution in [-0.4, -0.2) is 13.4 Å². The minimum atomic E-state index is -3.79. The summed E-state index contributed by atoms with van der Waals surface area (Å²) in [6, 6.07) is 6.20. The van der Waals surface area contributed by atoms with E-state index in [-0.39, 0.29) is 11.4 Å². The molecule has 68 valence electrons. The van der Waals surface area contributed by atoms with Crippen LogP contribution in [0.4, 0.5) is 0 Å². The van der Waals surface area contributed by atoms with Crippen molar-refractivity contribution in [3.63, 3.8) is 0 Å². The zero-order valence-corrected chi connectivity index (χ0v) is 8.01. The van der Waals surface area contributed by atoms with Crippen LogP contribution in [0, 0.1) is 11.3 Å². The average molecular weight is 217 g/mol. The molecule has 0 fully saturated rings. The molecule has 0 aliphatic rings. The number of hydrogen-bond donors (Lipinski definition) is 0. The number of halogens is 1. The van der Waals surface area contributed by atoms with Gasteiger partial charge in [-0.3, -0.25) is 0 Å². The maximum absolute atomic E-state index is 10.8. The molecule has 4 nitrogen and oxygen atoms in total. The van der Waals surface area contributed by atoms with E-state index < -0.39 is 9.05 Å². The summed E-state index contributed by atoms with van der Waals surface area (Å²) in [5.41, 5.74) is 0.393. The number of rotatable bonds is 2. The lowest BCUT2D eigenvalue weighted by atomic mass is 10.3. The molecule has 0 spiro atoms. The van der Waals surface area contributed by atoms with Crippen molar-refractivity contribution < 1.29 is 8.42 Å². The first-order valence-corrected chi connectivity index (χ1v) is 5.62. The summed E-state index contributed by atoms with van der Waals surface area (Å²) in [6.45, 7) is 0.